The molecule has 2 saturated heterocycles. The van der Waals surface area contributed by atoms with Gasteiger partial charge in [0, 0.05) is 18.8 Å². The van der Waals surface area contributed by atoms with Crippen molar-refractivity contribution in [3.05, 3.63) is 0 Å². The molecule has 3 unspecified atom stereocenters. The fourth-order valence-electron chi connectivity index (χ4n) is 2.22. The summed E-state index contributed by atoms with van der Waals surface area (Å²) in [6.45, 7) is 2.85. The lowest BCUT2D eigenvalue weighted by Crippen LogP contribution is -2.50. The molecule has 0 aromatic heterocycles. The summed E-state index contributed by atoms with van der Waals surface area (Å²) >= 11 is 1.75. The molecule has 1 spiro atoms. The minimum Gasteiger partial charge on any atom is -0.480 e. The molecule has 0 aromatic carbocycles. The minimum absolute atomic E-state index is 0.0397. The van der Waals surface area contributed by atoms with E-state index in [1.165, 1.54) is 0 Å². The molecule has 4 nitrogen and oxygen atoms in total. The summed E-state index contributed by atoms with van der Waals surface area (Å²) < 4.78 is 5.61. The Morgan fingerprint density at radius 3 is 3.13 bits per heavy atom. The van der Waals surface area contributed by atoms with Crippen LogP contribution in [0.15, 0.2) is 0 Å². The molecule has 0 radical (unpaired) electrons. The second-order valence-electron chi connectivity index (χ2n) is 4.20. The van der Waals surface area contributed by atoms with Crippen molar-refractivity contribution in [2.75, 3.05) is 12.4 Å². The van der Waals surface area contributed by atoms with Crippen molar-refractivity contribution in [2.24, 2.45) is 0 Å². The highest BCUT2D eigenvalue weighted by Crippen LogP contribution is 2.40. The SMILES string of the molecule is CCC1CC2(CCO1)NC(C(=O)O)CS2. The van der Waals surface area contributed by atoms with E-state index in [9.17, 15) is 4.79 Å². The van der Waals surface area contributed by atoms with Crippen molar-refractivity contribution in [1.29, 1.82) is 0 Å². The number of carboxylic acid groups (broad SMARTS) is 1. The van der Waals surface area contributed by atoms with E-state index < -0.39 is 5.97 Å². The first kappa shape index (κ1) is 11.2. The van der Waals surface area contributed by atoms with Crippen molar-refractivity contribution >= 4 is 17.7 Å². The lowest BCUT2D eigenvalue weighted by molar-refractivity contribution is -0.139. The quantitative estimate of drug-likeness (QED) is 0.744. The summed E-state index contributed by atoms with van der Waals surface area (Å²) in [5.41, 5.74) is 0. The van der Waals surface area contributed by atoms with E-state index in [1.54, 1.807) is 11.8 Å². The lowest BCUT2D eigenvalue weighted by atomic mass is 10.00. The van der Waals surface area contributed by atoms with Crippen LogP contribution in [0.3, 0.4) is 0 Å². The number of carboxylic acids is 1. The lowest BCUT2D eigenvalue weighted by Gasteiger charge is -2.37. The summed E-state index contributed by atoms with van der Waals surface area (Å²) in [5, 5.41) is 12.2. The molecule has 2 aliphatic rings. The second-order valence-corrected chi connectivity index (χ2v) is 5.60. The van der Waals surface area contributed by atoms with E-state index in [-0.39, 0.29) is 17.0 Å². The highest BCUT2D eigenvalue weighted by Gasteiger charge is 2.45. The molecule has 2 fully saturated rings. The van der Waals surface area contributed by atoms with Gasteiger partial charge in [-0.1, -0.05) is 6.92 Å². The first-order valence-corrected chi connectivity index (χ1v) is 6.40. The van der Waals surface area contributed by atoms with Gasteiger partial charge >= 0.3 is 5.97 Å². The third kappa shape index (κ3) is 2.29. The molecule has 3 atom stereocenters. The number of carbonyl (C=O) groups is 1. The molecule has 0 aromatic rings. The highest BCUT2D eigenvalue weighted by atomic mass is 32.2. The molecule has 2 N–H and O–H groups in total. The van der Waals surface area contributed by atoms with Crippen LogP contribution in [0, 0.1) is 0 Å². The van der Waals surface area contributed by atoms with Crippen LogP contribution in [-0.4, -0.2) is 40.5 Å². The Morgan fingerprint density at radius 1 is 1.73 bits per heavy atom. The van der Waals surface area contributed by atoms with Crippen LogP contribution in [0.1, 0.15) is 26.2 Å². The number of aliphatic carboxylic acids is 1. The Hall–Kier alpha value is -0.260. The molecule has 2 rings (SSSR count). The molecule has 2 heterocycles. The van der Waals surface area contributed by atoms with Crippen molar-refractivity contribution in [2.45, 2.75) is 43.2 Å². The van der Waals surface area contributed by atoms with Gasteiger partial charge in [0.2, 0.25) is 0 Å². The van der Waals surface area contributed by atoms with Crippen molar-refractivity contribution in [1.82, 2.24) is 5.32 Å². The van der Waals surface area contributed by atoms with Gasteiger partial charge in [-0.25, -0.2) is 0 Å². The minimum atomic E-state index is -0.737. The Bertz CT molecular complexity index is 261. The largest absolute Gasteiger partial charge is 0.480 e. The van der Waals surface area contributed by atoms with Crippen LogP contribution >= 0.6 is 11.8 Å². The Kier molecular flexibility index (Phi) is 3.23. The maximum atomic E-state index is 10.9. The fourth-order valence-corrected chi connectivity index (χ4v) is 3.69. The smallest absolute Gasteiger partial charge is 0.321 e. The van der Waals surface area contributed by atoms with Gasteiger partial charge in [0.05, 0.1) is 11.0 Å². The molecule has 0 saturated carbocycles. The van der Waals surface area contributed by atoms with E-state index >= 15 is 0 Å². The molecular weight excluding hydrogens is 214 g/mol. The van der Waals surface area contributed by atoms with Crippen LogP contribution in [0.2, 0.25) is 0 Å². The summed E-state index contributed by atoms with van der Waals surface area (Å²) in [5.74, 6) is -0.0647. The van der Waals surface area contributed by atoms with E-state index in [4.69, 9.17) is 9.84 Å². The Labute approximate surface area is 93.8 Å². The van der Waals surface area contributed by atoms with E-state index in [1.807, 2.05) is 0 Å². The first-order valence-electron chi connectivity index (χ1n) is 5.41. The van der Waals surface area contributed by atoms with Gasteiger partial charge in [0.15, 0.2) is 0 Å². The zero-order chi connectivity index (χ0) is 10.9. The number of rotatable bonds is 2. The number of hydrogen-bond donors (Lipinski definition) is 2. The monoisotopic (exact) mass is 231 g/mol. The number of ether oxygens (including phenoxy) is 1. The molecule has 86 valence electrons. The average molecular weight is 231 g/mol. The normalized spacial score (nSPS) is 40.9. The third-order valence-electron chi connectivity index (χ3n) is 3.13. The van der Waals surface area contributed by atoms with Crippen molar-refractivity contribution < 1.29 is 14.6 Å². The van der Waals surface area contributed by atoms with Crippen LogP contribution in [0.4, 0.5) is 0 Å². The first-order chi connectivity index (χ1) is 7.15. The van der Waals surface area contributed by atoms with E-state index in [0.717, 1.165) is 25.9 Å². The Balaban J connectivity index is 1.99. The van der Waals surface area contributed by atoms with E-state index in [0.29, 0.717) is 5.75 Å². The number of thioether (sulfide) groups is 1. The summed E-state index contributed by atoms with van der Waals surface area (Å²) in [4.78, 5) is 10.8. The molecular formula is C10H17NO3S. The zero-order valence-corrected chi connectivity index (χ0v) is 9.68. The molecule has 0 aliphatic carbocycles. The van der Waals surface area contributed by atoms with Gasteiger partial charge in [-0.05, 0) is 12.8 Å². The fraction of sp³-hybridized carbons (Fsp3) is 0.900. The molecule has 5 heteroatoms. The second kappa shape index (κ2) is 4.31. The maximum Gasteiger partial charge on any atom is 0.321 e. The maximum absolute atomic E-state index is 10.9. The highest BCUT2D eigenvalue weighted by molar-refractivity contribution is 8.01. The topological polar surface area (TPSA) is 58.6 Å². The van der Waals surface area contributed by atoms with Gasteiger partial charge in [-0.15, -0.1) is 11.8 Å². The van der Waals surface area contributed by atoms with Crippen LogP contribution in [0.25, 0.3) is 0 Å². The number of hydrogen-bond acceptors (Lipinski definition) is 4. The average Bonchev–Trinajstić information content (AvgIpc) is 2.62. The molecule has 0 bridgehead atoms. The molecule has 0 amide bonds. The molecule has 15 heavy (non-hydrogen) atoms. The van der Waals surface area contributed by atoms with Gasteiger partial charge in [-0.3, -0.25) is 10.1 Å². The van der Waals surface area contributed by atoms with Crippen molar-refractivity contribution in [3.8, 4) is 0 Å². The Morgan fingerprint density at radius 2 is 2.53 bits per heavy atom. The van der Waals surface area contributed by atoms with Gasteiger partial charge in [0.1, 0.15) is 6.04 Å². The number of nitrogens with one attached hydrogen (secondary N) is 1. The third-order valence-corrected chi connectivity index (χ3v) is 4.68. The standard InChI is InChI=1S/C10H17NO3S/c1-2-7-5-10(3-4-14-7)11-8(6-15-10)9(12)13/h7-8,11H,2-6H2,1H3,(H,12,13). The zero-order valence-electron chi connectivity index (χ0n) is 8.86. The van der Waals surface area contributed by atoms with Gasteiger partial charge < -0.3 is 9.84 Å². The summed E-state index contributed by atoms with van der Waals surface area (Å²) in [6.07, 6.45) is 3.13. The van der Waals surface area contributed by atoms with E-state index in [2.05, 4.69) is 12.2 Å². The summed E-state index contributed by atoms with van der Waals surface area (Å²) in [7, 11) is 0. The van der Waals surface area contributed by atoms with Crippen LogP contribution < -0.4 is 5.32 Å². The molecule has 2 aliphatic heterocycles. The summed E-state index contributed by atoms with van der Waals surface area (Å²) in [6, 6.07) is -0.384. The predicted molar refractivity (Wildman–Crippen MR) is 59.0 cm³/mol. The predicted octanol–water partition coefficient (Wildman–Crippen LogP) is 1.06. The van der Waals surface area contributed by atoms with Crippen LogP contribution in [-0.2, 0) is 9.53 Å². The van der Waals surface area contributed by atoms with Gasteiger partial charge in [0.25, 0.3) is 0 Å². The van der Waals surface area contributed by atoms with Crippen molar-refractivity contribution in [3.63, 3.8) is 0 Å². The van der Waals surface area contributed by atoms with Crippen LogP contribution in [0.5, 0.6) is 0 Å². The van der Waals surface area contributed by atoms with Gasteiger partial charge in [-0.2, -0.15) is 0 Å².